The number of hydrogen-bond donors (Lipinski definition) is 2. The first-order valence-corrected chi connectivity index (χ1v) is 11.5. The number of benzene rings is 2. The van der Waals surface area contributed by atoms with Crippen molar-refractivity contribution >= 4 is 21.6 Å². The summed E-state index contributed by atoms with van der Waals surface area (Å²) in [5.74, 6) is -0.238. The molecule has 1 saturated heterocycles. The van der Waals surface area contributed by atoms with Gasteiger partial charge in [0, 0.05) is 23.8 Å². The topological polar surface area (TPSA) is 78.5 Å². The molecule has 156 valence electrons. The largest absolute Gasteiger partial charge is 0.350 e. The number of sulfonamides is 1. The Kier molecular flexibility index (Phi) is 6.59. The van der Waals surface area contributed by atoms with Crippen LogP contribution in [0.3, 0.4) is 0 Å². The fourth-order valence-corrected chi connectivity index (χ4v) is 4.86. The normalized spacial score (nSPS) is 17.3. The molecule has 6 nitrogen and oxygen atoms in total. The van der Waals surface area contributed by atoms with Gasteiger partial charge in [-0.2, -0.15) is 0 Å². The van der Waals surface area contributed by atoms with E-state index in [0.29, 0.717) is 23.8 Å². The summed E-state index contributed by atoms with van der Waals surface area (Å²) in [5, 5.41) is 2.99. The number of nitrogens with one attached hydrogen (secondary N) is 2. The van der Waals surface area contributed by atoms with Gasteiger partial charge < -0.3 is 5.32 Å². The summed E-state index contributed by atoms with van der Waals surface area (Å²) >= 11 is 0. The van der Waals surface area contributed by atoms with Crippen LogP contribution in [0.25, 0.3) is 0 Å². The van der Waals surface area contributed by atoms with Crippen LogP contribution in [0.4, 0.5) is 5.69 Å². The summed E-state index contributed by atoms with van der Waals surface area (Å²) < 4.78 is 28.2. The van der Waals surface area contributed by atoms with E-state index in [1.807, 2.05) is 19.9 Å². The van der Waals surface area contributed by atoms with Crippen LogP contribution in [0, 0.1) is 13.8 Å². The lowest BCUT2D eigenvalue weighted by molar-refractivity contribution is 0.0940. The minimum absolute atomic E-state index is 0.0748. The fraction of sp³-hybridized carbons (Fsp3) is 0.409. The third kappa shape index (κ3) is 5.16. The summed E-state index contributed by atoms with van der Waals surface area (Å²) in [6, 6.07) is 12.2. The molecule has 1 heterocycles. The van der Waals surface area contributed by atoms with E-state index >= 15 is 0 Å². The summed E-state index contributed by atoms with van der Waals surface area (Å²) in [5.41, 5.74) is 2.59. The average molecular weight is 416 g/mol. The monoisotopic (exact) mass is 415 g/mol. The molecule has 2 N–H and O–H groups in total. The van der Waals surface area contributed by atoms with Crippen LogP contribution < -0.4 is 10.0 Å². The van der Waals surface area contributed by atoms with Crippen molar-refractivity contribution in [3.63, 3.8) is 0 Å². The van der Waals surface area contributed by atoms with E-state index in [-0.39, 0.29) is 10.8 Å². The molecule has 0 bridgehead atoms. The number of rotatable bonds is 7. The molecule has 0 radical (unpaired) electrons. The number of likely N-dealkylation sites (tertiary alicyclic amines) is 1. The third-order valence-electron chi connectivity index (χ3n) is 5.44. The van der Waals surface area contributed by atoms with Gasteiger partial charge in [0.05, 0.1) is 4.90 Å². The maximum absolute atomic E-state index is 12.8. The van der Waals surface area contributed by atoms with Gasteiger partial charge in [0.15, 0.2) is 0 Å². The van der Waals surface area contributed by atoms with Crippen molar-refractivity contribution in [2.24, 2.45) is 0 Å². The minimum atomic E-state index is -3.78. The highest BCUT2D eigenvalue weighted by Gasteiger charge is 2.24. The zero-order chi connectivity index (χ0) is 21.0. The fourth-order valence-electron chi connectivity index (χ4n) is 3.78. The Labute approximate surface area is 173 Å². The first-order valence-electron chi connectivity index (χ1n) is 10.0. The molecule has 0 aromatic heterocycles. The van der Waals surface area contributed by atoms with Crippen molar-refractivity contribution in [1.29, 1.82) is 0 Å². The van der Waals surface area contributed by atoms with Crippen molar-refractivity contribution < 1.29 is 13.2 Å². The minimum Gasteiger partial charge on any atom is -0.350 e. The van der Waals surface area contributed by atoms with E-state index < -0.39 is 10.0 Å². The number of hydrogen-bond acceptors (Lipinski definition) is 4. The highest BCUT2D eigenvalue weighted by atomic mass is 32.2. The molecule has 3 rings (SSSR count). The van der Waals surface area contributed by atoms with Gasteiger partial charge in [0.25, 0.3) is 15.9 Å². The SMILES string of the molecule is CCN1CCCC1CNC(=O)c1cc(S(=O)(=O)Nc2cccc(C)c2)ccc1C. The number of likely N-dealkylation sites (N-methyl/N-ethyl adjacent to an activating group) is 1. The first-order chi connectivity index (χ1) is 13.8. The molecule has 1 atom stereocenters. The average Bonchev–Trinajstić information content (AvgIpc) is 3.13. The number of carbonyl (C=O) groups is 1. The standard InChI is InChI=1S/C22H29N3O3S/c1-4-25-12-6-9-19(25)15-23-22(26)21-14-20(11-10-17(21)3)29(27,28)24-18-8-5-7-16(2)13-18/h5,7-8,10-11,13-14,19,24H,4,6,9,12,15H2,1-3H3,(H,23,26). The molecular formula is C22H29N3O3S. The Bertz CT molecular complexity index is 989. The molecular weight excluding hydrogens is 386 g/mol. The number of nitrogens with zero attached hydrogens (tertiary/aromatic N) is 1. The smallest absolute Gasteiger partial charge is 0.261 e. The predicted molar refractivity (Wildman–Crippen MR) is 116 cm³/mol. The van der Waals surface area contributed by atoms with Crippen LogP contribution in [0.1, 0.15) is 41.3 Å². The van der Waals surface area contributed by atoms with Gasteiger partial charge >= 0.3 is 0 Å². The number of amides is 1. The van der Waals surface area contributed by atoms with Crippen LogP contribution in [0.2, 0.25) is 0 Å². The van der Waals surface area contributed by atoms with Gasteiger partial charge in [-0.1, -0.05) is 25.1 Å². The zero-order valence-electron chi connectivity index (χ0n) is 17.2. The van der Waals surface area contributed by atoms with Gasteiger partial charge in [0.1, 0.15) is 0 Å². The number of anilines is 1. The molecule has 0 spiro atoms. The van der Waals surface area contributed by atoms with Gasteiger partial charge in [0.2, 0.25) is 0 Å². The summed E-state index contributed by atoms with van der Waals surface area (Å²) in [6.45, 7) is 8.44. The molecule has 29 heavy (non-hydrogen) atoms. The Morgan fingerprint density at radius 2 is 1.97 bits per heavy atom. The van der Waals surface area contributed by atoms with E-state index in [2.05, 4.69) is 21.9 Å². The third-order valence-corrected chi connectivity index (χ3v) is 6.82. The molecule has 2 aromatic rings. The quantitative estimate of drug-likeness (QED) is 0.727. The van der Waals surface area contributed by atoms with Gasteiger partial charge in [-0.3, -0.25) is 14.4 Å². The molecule has 1 aliphatic rings. The van der Waals surface area contributed by atoms with Crippen molar-refractivity contribution in [1.82, 2.24) is 10.2 Å². The lowest BCUT2D eigenvalue weighted by Gasteiger charge is -2.23. The second kappa shape index (κ2) is 8.97. The maximum atomic E-state index is 12.8. The molecule has 1 aliphatic heterocycles. The first kappa shape index (κ1) is 21.3. The highest BCUT2D eigenvalue weighted by molar-refractivity contribution is 7.92. The summed E-state index contributed by atoms with van der Waals surface area (Å²) in [7, 11) is -3.78. The predicted octanol–water partition coefficient (Wildman–Crippen LogP) is 3.32. The Morgan fingerprint density at radius 1 is 1.17 bits per heavy atom. The Balaban J connectivity index is 1.75. The number of carbonyl (C=O) groups excluding carboxylic acids is 1. The summed E-state index contributed by atoms with van der Waals surface area (Å²) in [6.07, 6.45) is 2.22. The van der Waals surface area contributed by atoms with E-state index in [1.165, 1.54) is 12.1 Å². The van der Waals surface area contributed by atoms with E-state index in [1.54, 1.807) is 24.3 Å². The van der Waals surface area contributed by atoms with Crippen molar-refractivity contribution in [3.8, 4) is 0 Å². The van der Waals surface area contributed by atoms with Crippen LogP contribution in [-0.2, 0) is 10.0 Å². The van der Waals surface area contributed by atoms with Crippen LogP contribution in [0.15, 0.2) is 47.4 Å². The molecule has 0 aliphatic carbocycles. The molecule has 1 fully saturated rings. The molecule has 7 heteroatoms. The van der Waals surface area contributed by atoms with Crippen LogP contribution in [0.5, 0.6) is 0 Å². The van der Waals surface area contributed by atoms with Gasteiger partial charge in [-0.15, -0.1) is 0 Å². The van der Waals surface area contributed by atoms with Crippen molar-refractivity contribution in [2.45, 2.75) is 44.6 Å². The van der Waals surface area contributed by atoms with E-state index in [4.69, 9.17) is 0 Å². The molecule has 0 saturated carbocycles. The lowest BCUT2D eigenvalue weighted by Crippen LogP contribution is -2.40. The summed E-state index contributed by atoms with van der Waals surface area (Å²) in [4.78, 5) is 15.2. The van der Waals surface area contributed by atoms with Crippen molar-refractivity contribution in [3.05, 3.63) is 59.2 Å². The van der Waals surface area contributed by atoms with E-state index in [9.17, 15) is 13.2 Å². The van der Waals surface area contributed by atoms with Crippen LogP contribution >= 0.6 is 0 Å². The molecule has 2 aromatic carbocycles. The maximum Gasteiger partial charge on any atom is 0.261 e. The van der Waals surface area contributed by atoms with Gasteiger partial charge in [-0.05, 0) is 75.2 Å². The Hall–Kier alpha value is -2.38. The second-order valence-electron chi connectivity index (χ2n) is 7.59. The lowest BCUT2D eigenvalue weighted by atomic mass is 10.1. The zero-order valence-corrected chi connectivity index (χ0v) is 18.1. The molecule has 1 amide bonds. The second-order valence-corrected chi connectivity index (χ2v) is 9.27. The number of aryl methyl sites for hydroxylation is 2. The Morgan fingerprint density at radius 3 is 2.69 bits per heavy atom. The van der Waals surface area contributed by atoms with Gasteiger partial charge in [-0.25, -0.2) is 8.42 Å². The van der Waals surface area contributed by atoms with Crippen molar-refractivity contribution in [2.75, 3.05) is 24.4 Å². The highest BCUT2D eigenvalue weighted by Crippen LogP contribution is 2.21. The van der Waals surface area contributed by atoms with E-state index in [0.717, 1.165) is 37.1 Å². The van der Waals surface area contributed by atoms with Crippen LogP contribution in [-0.4, -0.2) is 44.9 Å². The molecule has 1 unspecified atom stereocenters.